The lowest BCUT2D eigenvalue weighted by molar-refractivity contribution is 0.0592. The molecule has 2 aromatic heterocycles. The van der Waals surface area contributed by atoms with E-state index in [-0.39, 0.29) is 6.23 Å². The number of halogens is 1. The average molecular weight is 406 g/mol. The fourth-order valence-corrected chi connectivity index (χ4v) is 3.53. The van der Waals surface area contributed by atoms with Gasteiger partial charge in [-0.2, -0.15) is 0 Å². The molecule has 0 saturated carbocycles. The van der Waals surface area contributed by atoms with Crippen molar-refractivity contribution in [3.8, 4) is 0 Å². The molecule has 0 bridgehead atoms. The largest absolute Gasteiger partial charge is 0.358 e. The zero-order chi connectivity index (χ0) is 16.5. The molecule has 124 valence electrons. The third kappa shape index (κ3) is 3.01. The number of thioether (sulfide) groups is 1. The number of fused-ring (bicyclic) bond motifs is 1. The molecule has 1 N–H and O–H groups in total. The van der Waals surface area contributed by atoms with Crippen LogP contribution in [0.4, 0.5) is 11.5 Å². The number of imidazole rings is 1. The zero-order valence-electron chi connectivity index (χ0n) is 13.1. The van der Waals surface area contributed by atoms with Gasteiger partial charge in [-0.1, -0.05) is 33.8 Å². The first-order valence-electron chi connectivity index (χ1n) is 7.67. The van der Waals surface area contributed by atoms with Crippen LogP contribution in [0.3, 0.4) is 0 Å². The number of anilines is 2. The minimum Gasteiger partial charge on any atom is -0.358 e. The summed E-state index contributed by atoms with van der Waals surface area (Å²) in [4.78, 5) is 13.8. The van der Waals surface area contributed by atoms with E-state index in [2.05, 4.69) is 36.2 Å². The standard InChI is InChI=1S/C16H16BrN5OS/c1-24-16-20-14(19-11-5-2-4-10(17)8-11)13-15(21-16)22(9-18-13)12-6-3-7-23-12/h2,4-5,8-9,12H,3,6-7H2,1H3,(H,19,20,21). The van der Waals surface area contributed by atoms with Crippen LogP contribution in [0, 0.1) is 0 Å². The maximum Gasteiger partial charge on any atom is 0.191 e. The van der Waals surface area contributed by atoms with Crippen molar-refractivity contribution in [2.45, 2.75) is 24.2 Å². The Kier molecular flexibility index (Phi) is 4.43. The van der Waals surface area contributed by atoms with Crippen molar-refractivity contribution >= 4 is 50.4 Å². The molecule has 1 saturated heterocycles. The van der Waals surface area contributed by atoms with Gasteiger partial charge in [-0.25, -0.2) is 15.0 Å². The molecular weight excluding hydrogens is 390 g/mol. The molecule has 1 unspecified atom stereocenters. The van der Waals surface area contributed by atoms with E-state index in [9.17, 15) is 0 Å². The fraction of sp³-hybridized carbons (Fsp3) is 0.312. The highest BCUT2D eigenvalue weighted by atomic mass is 79.9. The Bertz CT molecular complexity index is 878. The topological polar surface area (TPSA) is 64.9 Å². The number of rotatable bonds is 4. The number of hydrogen-bond donors (Lipinski definition) is 1. The normalized spacial score (nSPS) is 17.5. The molecule has 1 aromatic carbocycles. The monoisotopic (exact) mass is 405 g/mol. The number of aromatic nitrogens is 4. The van der Waals surface area contributed by atoms with Crippen LogP contribution in [-0.2, 0) is 4.74 Å². The third-order valence-corrected chi connectivity index (χ3v) is 4.93. The summed E-state index contributed by atoms with van der Waals surface area (Å²) in [5, 5.41) is 4.06. The number of nitrogens with one attached hydrogen (secondary N) is 1. The maximum absolute atomic E-state index is 5.78. The fourth-order valence-electron chi connectivity index (χ4n) is 2.77. The molecule has 0 amide bonds. The van der Waals surface area contributed by atoms with Gasteiger partial charge in [0.1, 0.15) is 6.23 Å². The zero-order valence-corrected chi connectivity index (χ0v) is 15.5. The molecule has 1 aliphatic rings. The SMILES string of the molecule is CSc1nc(Nc2cccc(Br)c2)c2ncn(C3CCCO3)c2n1. The van der Waals surface area contributed by atoms with Gasteiger partial charge in [-0.3, -0.25) is 4.57 Å². The second-order valence-electron chi connectivity index (χ2n) is 5.49. The van der Waals surface area contributed by atoms with Crippen LogP contribution in [0.2, 0.25) is 0 Å². The summed E-state index contributed by atoms with van der Waals surface area (Å²) in [7, 11) is 0. The van der Waals surface area contributed by atoms with E-state index in [1.807, 2.05) is 35.1 Å². The summed E-state index contributed by atoms with van der Waals surface area (Å²) in [6, 6.07) is 7.96. The molecule has 1 aliphatic heterocycles. The first kappa shape index (κ1) is 15.9. The Balaban J connectivity index is 1.79. The molecule has 24 heavy (non-hydrogen) atoms. The van der Waals surface area contributed by atoms with E-state index in [1.165, 1.54) is 11.8 Å². The molecule has 4 rings (SSSR count). The molecular formula is C16H16BrN5OS. The molecule has 0 spiro atoms. The van der Waals surface area contributed by atoms with Gasteiger partial charge in [-0.15, -0.1) is 0 Å². The van der Waals surface area contributed by atoms with Crippen molar-refractivity contribution in [3.63, 3.8) is 0 Å². The molecule has 0 aliphatic carbocycles. The first-order chi connectivity index (χ1) is 11.7. The summed E-state index contributed by atoms with van der Waals surface area (Å²) >= 11 is 5.00. The van der Waals surface area contributed by atoms with E-state index >= 15 is 0 Å². The predicted octanol–water partition coefficient (Wildman–Crippen LogP) is 4.36. The number of ether oxygens (including phenoxy) is 1. The molecule has 0 radical (unpaired) electrons. The van der Waals surface area contributed by atoms with Crippen molar-refractivity contribution in [2.75, 3.05) is 18.2 Å². The van der Waals surface area contributed by atoms with Gasteiger partial charge in [0.2, 0.25) is 0 Å². The van der Waals surface area contributed by atoms with Gasteiger partial charge in [0.05, 0.1) is 6.33 Å². The van der Waals surface area contributed by atoms with Crippen molar-refractivity contribution in [1.29, 1.82) is 0 Å². The molecule has 6 nitrogen and oxygen atoms in total. The molecule has 3 aromatic rings. The second-order valence-corrected chi connectivity index (χ2v) is 7.18. The minimum absolute atomic E-state index is 0.0123. The van der Waals surface area contributed by atoms with Crippen molar-refractivity contribution < 1.29 is 4.74 Å². The van der Waals surface area contributed by atoms with E-state index in [1.54, 1.807) is 6.33 Å². The Hall–Kier alpha value is -1.64. The summed E-state index contributed by atoms with van der Waals surface area (Å²) in [6.45, 7) is 0.786. The Labute approximate surface area is 152 Å². The van der Waals surface area contributed by atoms with Gasteiger partial charge in [-0.05, 0) is 37.3 Å². The molecule has 1 atom stereocenters. The van der Waals surface area contributed by atoms with Crippen molar-refractivity contribution in [1.82, 2.24) is 19.5 Å². The van der Waals surface area contributed by atoms with Crippen LogP contribution in [0.15, 0.2) is 40.2 Å². The van der Waals surface area contributed by atoms with Crippen molar-refractivity contribution in [2.24, 2.45) is 0 Å². The Morgan fingerprint density at radius 2 is 2.29 bits per heavy atom. The van der Waals surface area contributed by atoms with E-state index in [0.717, 1.165) is 40.8 Å². The van der Waals surface area contributed by atoms with Crippen LogP contribution in [-0.4, -0.2) is 32.4 Å². The highest BCUT2D eigenvalue weighted by Gasteiger charge is 2.22. The lowest BCUT2D eigenvalue weighted by Crippen LogP contribution is -2.07. The number of nitrogens with zero attached hydrogens (tertiary/aromatic N) is 4. The summed E-state index contributed by atoms with van der Waals surface area (Å²) in [6.07, 6.45) is 5.83. The van der Waals surface area contributed by atoms with Gasteiger partial charge in [0, 0.05) is 16.8 Å². The van der Waals surface area contributed by atoms with Gasteiger partial charge < -0.3 is 10.1 Å². The molecule has 1 fully saturated rings. The second kappa shape index (κ2) is 6.70. The van der Waals surface area contributed by atoms with Crippen molar-refractivity contribution in [3.05, 3.63) is 35.1 Å². The highest BCUT2D eigenvalue weighted by Crippen LogP contribution is 2.31. The van der Waals surface area contributed by atoms with Gasteiger partial charge in [0.25, 0.3) is 0 Å². The Morgan fingerprint density at radius 3 is 3.04 bits per heavy atom. The predicted molar refractivity (Wildman–Crippen MR) is 98.8 cm³/mol. The van der Waals surface area contributed by atoms with Crippen LogP contribution < -0.4 is 5.32 Å². The summed E-state index contributed by atoms with van der Waals surface area (Å²) < 4.78 is 8.80. The number of hydrogen-bond acceptors (Lipinski definition) is 6. The third-order valence-electron chi connectivity index (χ3n) is 3.89. The maximum atomic E-state index is 5.78. The van der Waals surface area contributed by atoms with Crippen LogP contribution >= 0.6 is 27.7 Å². The highest BCUT2D eigenvalue weighted by molar-refractivity contribution is 9.10. The minimum atomic E-state index is 0.0123. The first-order valence-corrected chi connectivity index (χ1v) is 9.69. The average Bonchev–Trinajstić information content (AvgIpc) is 3.23. The van der Waals surface area contributed by atoms with Gasteiger partial charge >= 0.3 is 0 Å². The van der Waals surface area contributed by atoms with E-state index < -0.39 is 0 Å². The molecule has 3 heterocycles. The smallest absolute Gasteiger partial charge is 0.191 e. The summed E-state index contributed by atoms with van der Waals surface area (Å²) in [5.41, 5.74) is 2.50. The lowest BCUT2D eigenvalue weighted by Gasteiger charge is -2.12. The summed E-state index contributed by atoms with van der Waals surface area (Å²) in [5.74, 6) is 0.708. The van der Waals surface area contributed by atoms with Crippen LogP contribution in [0.5, 0.6) is 0 Å². The van der Waals surface area contributed by atoms with E-state index in [4.69, 9.17) is 4.74 Å². The quantitative estimate of drug-likeness (QED) is 0.513. The van der Waals surface area contributed by atoms with Gasteiger partial charge in [0.15, 0.2) is 22.1 Å². The van der Waals surface area contributed by atoms with E-state index in [0.29, 0.717) is 11.0 Å². The Morgan fingerprint density at radius 1 is 1.38 bits per heavy atom. The van der Waals surface area contributed by atoms with Crippen LogP contribution in [0.25, 0.3) is 11.2 Å². The number of benzene rings is 1. The molecule has 8 heteroatoms. The van der Waals surface area contributed by atoms with Crippen LogP contribution in [0.1, 0.15) is 19.1 Å². The lowest BCUT2D eigenvalue weighted by atomic mass is 10.3.